The molecule has 2 aliphatic heterocycles. The number of hydrogen-bond acceptors (Lipinski definition) is 16. The molecule has 0 aliphatic carbocycles. The van der Waals surface area contributed by atoms with Crippen molar-refractivity contribution >= 4 is 56.3 Å². The summed E-state index contributed by atoms with van der Waals surface area (Å²) in [6.07, 6.45) is 13.8. The monoisotopic (exact) mass is 1070 g/mol. The number of rotatable bonds is 6. The molecule has 0 saturated heterocycles. The highest BCUT2D eigenvalue weighted by molar-refractivity contribution is 5.99. The SMILES string of the molecule is C=C1N=C(C)C(C)=CN1C(C)C.C=C1NC(=O)C(C)=CN1C(C)C.CC(C)n1cnc2c(=O)[nH]cnc21.Cc1nc(C)c2ncn(C(C)C)c2n1.Cc1nc2c(ncn2C(C)C)c(=O)[nH]1.Cc1ncnc2c1ncn2C(C)C. The fourth-order valence-corrected chi connectivity index (χ4v) is 7.84. The maximum Gasteiger partial charge on any atom is 0.279 e. The average molecular weight is 1070 g/mol. The molecular formula is C55H78N20O3. The van der Waals surface area contributed by atoms with E-state index in [1.807, 2.05) is 107 Å². The highest BCUT2D eigenvalue weighted by atomic mass is 16.2. The van der Waals surface area contributed by atoms with E-state index in [1.165, 1.54) is 11.9 Å². The van der Waals surface area contributed by atoms with Crippen molar-refractivity contribution in [2.75, 3.05) is 0 Å². The van der Waals surface area contributed by atoms with Gasteiger partial charge in [0.25, 0.3) is 17.0 Å². The molecule has 23 heteroatoms. The molecule has 0 saturated carbocycles. The number of aromatic nitrogens is 16. The number of aliphatic imine (C=N–C) groups is 1. The lowest BCUT2D eigenvalue weighted by Crippen LogP contribution is -2.40. The van der Waals surface area contributed by atoms with Gasteiger partial charge in [0.05, 0.1) is 43.0 Å². The molecule has 0 fully saturated rings. The minimum atomic E-state index is -0.190. The van der Waals surface area contributed by atoms with Crippen LogP contribution in [0.25, 0.3) is 44.7 Å². The van der Waals surface area contributed by atoms with Crippen LogP contribution in [0.2, 0.25) is 0 Å². The molecule has 0 unspecified atom stereocenters. The largest absolute Gasteiger partial charge is 0.332 e. The predicted molar refractivity (Wildman–Crippen MR) is 308 cm³/mol. The van der Waals surface area contributed by atoms with Gasteiger partial charge in [0, 0.05) is 59.9 Å². The summed E-state index contributed by atoms with van der Waals surface area (Å²) in [5.74, 6) is 2.85. The van der Waals surface area contributed by atoms with Gasteiger partial charge in [-0.15, -0.1) is 0 Å². The maximum atomic E-state index is 11.5. The Labute approximate surface area is 455 Å². The van der Waals surface area contributed by atoms with Crippen LogP contribution in [-0.4, -0.2) is 112 Å². The molecule has 10 heterocycles. The number of aryl methyl sites for hydroxylation is 4. The summed E-state index contributed by atoms with van der Waals surface area (Å²) in [4.78, 5) is 89.3. The Bertz CT molecular complexity index is 3620. The third kappa shape index (κ3) is 14.5. The summed E-state index contributed by atoms with van der Waals surface area (Å²) >= 11 is 0. The Kier molecular flexibility index (Phi) is 20.1. The number of amides is 1. The molecule has 0 bridgehead atoms. The fraction of sp³-hybridized carbons (Fsp3) is 0.455. The summed E-state index contributed by atoms with van der Waals surface area (Å²) < 4.78 is 7.86. The number of fused-ring (bicyclic) bond motifs is 4. The zero-order valence-corrected chi connectivity index (χ0v) is 48.8. The summed E-state index contributed by atoms with van der Waals surface area (Å²) in [5.41, 5.74) is 10.3. The molecule has 0 spiro atoms. The zero-order valence-electron chi connectivity index (χ0n) is 48.8. The average Bonchev–Trinajstić information content (AvgIpc) is 4.18. The highest BCUT2D eigenvalue weighted by Crippen LogP contribution is 2.21. The minimum absolute atomic E-state index is 0.0584. The van der Waals surface area contributed by atoms with Gasteiger partial charge in [-0.3, -0.25) is 14.4 Å². The number of nitrogens with one attached hydrogen (secondary N) is 3. The lowest BCUT2D eigenvalue weighted by Gasteiger charge is -2.31. The standard InChI is InChI=1S/C10H14N4.C10H16N2.C9H12N4O.C9H12N4.C9H14N2O.C8H10N4O/c1-6(2)14-5-11-9-7(3)12-8(4)13-10(9)14;1-7(2)12-6-8(3)9(4)11-10(12)5;1-5(2)13-4-10-7-8(13)11-6(3)12-9(7)14;1-6(2)13-5-12-8-7(3)10-4-11-9(8)13;1-6(2)11-5-7(3)9(12)10-8(11)4;1-5(2)12-4-11-6-7(12)9-3-10-8(6)13/h5-6H,1-4H3;6-7H,5H2,1-4H3;4-5H,1-3H3,(H,11,12,14);4-6H,1-3H3;5-6H,4H2,1-3H3,(H,10,12);3-5H,1-2H3,(H,9,10,13). The molecule has 0 aromatic carbocycles. The van der Waals surface area contributed by atoms with Crippen molar-refractivity contribution in [2.45, 2.75) is 168 Å². The zero-order chi connectivity index (χ0) is 58.0. The molecule has 1 amide bonds. The first-order valence-electron chi connectivity index (χ1n) is 26.0. The molecular weight excluding hydrogens is 989 g/mol. The summed E-state index contributed by atoms with van der Waals surface area (Å²) in [5, 5.41) is 2.68. The van der Waals surface area contributed by atoms with Crippen molar-refractivity contribution in [3.8, 4) is 0 Å². The Morgan fingerprint density at radius 3 is 1.46 bits per heavy atom. The van der Waals surface area contributed by atoms with E-state index in [-0.39, 0.29) is 29.1 Å². The first-order valence-corrected chi connectivity index (χ1v) is 26.0. The van der Waals surface area contributed by atoms with Crippen molar-refractivity contribution in [3.63, 3.8) is 0 Å². The summed E-state index contributed by atoms with van der Waals surface area (Å²) in [6, 6.07) is 2.05. The molecule has 0 atom stereocenters. The third-order valence-electron chi connectivity index (χ3n) is 12.3. The second-order valence-corrected chi connectivity index (χ2v) is 20.5. The van der Waals surface area contributed by atoms with Gasteiger partial charge in [-0.25, -0.2) is 54.8 Å². The Balaban J connectivity index is 0.000000173. The lowest BCUT2D eigenvalue weighted by molar-refractivity contribution is -0.117. The maximum absolute atomic E-state index is 11.5. The van der Waals surface area contributed by atoms with Gasteiger partial charge in [-0.1, -0.05) is 13.2 Å². The Morgan fingerprint density at radius 1 is 0.474 bits per heavy atom. The number of H-pyrrole nitrogens is 2. The van der Waals surface area contributed by atoms with Crippen molar-refractivity contribution in [2.24, 2.45) is 4.99 Å². The second-order valence-electron chi connectivity index (χ2n) is 20.5. The van der Waals surface area contributed by atoms with Crippen LogP contribution in [-0.2, 0) is 4.79 Å². The molecule has 416 valence electrons. The number of imidazole rings is 4. The number of hydrogen-bond donors (Lipinski definition) is 3. The predicted octanol–water partition coefficient (Wildman–Crippen LogP) is 9.20. The third-order valence-corrected chi connectivity index (χ3v) is 12.3. The van der Waals surface area contributed by atoms with E-state index < -0.39 is 0 Å². The van der Waals surface area contributed by atoms with E-state index in [4.69, 9.17) is 0 Å². The van der Waals surface area contributed by atoms with Gasteiger partial charge < -0.3 is 43.4 Å². The van der Waals surface area contributed by atoms with Crippen LogP contribution in [0, 0.1) is 27.7 Å². The van der Waals surface area contributed by atoms with Gasteiger partial charge in [0.15, 0.2) is 33.6 Å². The molecule has 8 aromatic heterocycles. The first kappa shape index (κ1) is 60.4. The van der Waals surface area contributed by atoms with Crippen LogP contribution >= 0.6 is 0 Å². The van der Waals surface area contributed by atoms with Crippen LogP contribution in [0.5, 0.6) is 0 Å². The van der Waals surface area contributed by atoms with Crippen molar-refractivity contribution in [1.29, 1.82) is 0 Å². The lowest BCUT2D eigenvalue weighted by atomic mass is 10.2. The van der Waals surface area contributed by atoms with E-state index >= 15 is 0 Å². The Morgan fingerprint density at radius 2 is 0.936 bits per heavy atom. The van der Waals surface area contributed by atoms with Crippen molar-refractivity contribution < 1.29 is 4.79 Å². The quantitative estimate of drug-likeness (QED) is 0.140. The van der Waals surface area contributed by atoms with E-state index in [0.717, 1.165) is 56.6 Å². The highest BCUT2D eigenvalue weighted by Gasteiger charge is 2.20. The smallest absolute Gasteiger partial charge is 0.279 e. The summed E-state index contributed by atoms with van der Waals surface area (Å²) in [6.45, 7) is 46.0. The topological polar surface area (TPSA) is 262 Å². The molecule has 3 N–H and O–H groups in total. The normalized spacial score (nSPS) is 13.4. The van der Waals surface area contributed by atoms with Gasteiger partial charge in [0.2, 0.25) is 0 Å². The second kappa shape index (κ2) is 26.0. The molecule has 8 aromatic rings. The minimum Gasteiger partial charge on any atom is -0.332 e. The number of carbonyl (C=O) groups excluding carboxylic acids is 1. The van der Waals surface area contributed by atoms with Crippen LogP contribution in [0.3, 0.4) is 0 Å². The molecule has 10 rings (SSSR count). The summed E-state index contributed by atoms with van der Waals surface area (Å²) in [7, 11) is 0. The van der Waals surface area contributed by atoms with Crippen LogP contribution in [0.1, 0.15) is 151 Å². The van der Waals surface area contributed by atoms with Gasteiger partial charge in [-0.05, 0) is 137 Å². The van der Waals surface area contributed by atoms with Crippen LogP contribution in [0.15, 0.2) is 101 Å². The number of nitrogens with zero attached hydrogens (tertiary/aromatic N) is 17. The van der Waals surface area contributed by atoms with Gasteiger partial charge >= 0.3 is 0 Å². The first-order chi connectivity index (χ1) is 36.6. The molecule has 0 radical (unpaired) electrons. The number of carbonyl (C=O) groups is 1. The van der Waals surface area contributed by atoms with E-state index in [0.29, 0.717) is 58.1 Å². The van der Waals surface area contributed by atoms with E-state index in [1.54, 1.807) is 32.8 Å². The van der Waals surface area contributed by atoms with Crippen molar-refractivity contribution in [3.05, 3.63) is 130 Å². The van der Waals surface area contributed by atoms with Crippen LogP contribution in [0.4, 0.5) is 0 Å². The van der Waals surface area contributed by atoms with Crippen LogP contribution < -0.4 is 16.4 Å². The molecule has 78 heavy (non-hydrogen) atoms. The molecule has 23 nitrogen and oxygen atoms in total. The van der Waals surface area contributed by atoms with Gasteiger partial charge in [-0.2, -0.15) is 0 Å². The van der Waals surface area contributed by atoms with Gasteiger partial charge in [0.1, 0.15) is 40.7 Å². The van der Waals surface area contributed by atoms with E-state index in [9.17, 15) is 14.4 Å². The fourth-order valence-electron chi connectivity index (χ4n) is 7.84. The van der Waals surface area contributed by atoms with E-state index in [2.05, 4.69) is 147 Å². The van der Waals surface area contributed by atoms with Crippen molar-refractivity contribution in [1.82, 2.24) is 93.2 Å². The molecule has 2 aliphatic rings. The number of allylic oxidation sites excluding steroid dienone is 1. The Hall–Kier alpha value is -8.50. The number of aromatic amines is 2.